The highest BCUT2D eigenvalue weighted by atomic mass is 35.5. The third-order valence-corrected chi connectivity index (χ3v) is 3.67. The average molecular weight is 313 g/mol. The van der Waals surface area contributed by atoms with Gasteiger partial charge in [-0.2, -0.15) is 0 Å². The molecule has 2 rings (SSSR count). The largest absolute Gasteiger partial charge is 0.490 e. The first-order valence-electron chi connectivity index (χ1n) is 7.23. The summed E-state index contributed by atoms with van der Waals surface area (Å²) < 4.78 is 11.4. The normalized spacial score (nSPS) is 15.7. The topological polar surface area (TPSA) is 54.3 Å². The first kappa shape index (κ1) is 15.9. The molecule has 5 nitrogen and oxygen atoms in total. The highest BCUT2D eigenvalue weighted by Gasteiger charge is 2.14. The Labute approximate surface area is 130 Å². The van der Waals surface area contributed by atoms with Crippen molar-refractivity contribution in [2.24, 2.45) is 5.16 Å². The first-order chi connectivity index (χ1) is 10.2. The second-order valence-corrected chi connectivity index (χ2v) is 5.31. The zero-order valence-corrected chi connectivity index (χ0v) is 13.0. The van der Waals surface area contributed by atoms with Crippen molar-refractivity contribution < 1.29 is 14.7 Å². The van der Waals surface area contributed by atoms with E-state index < -0.39 is 0 Å². The van der Waals surface area contributed by atoms with Gasteiger partial charge >= 0.3 is 0 Å². The van der Waals surface area contributed by atoms with E-state index in [4.69, 9.17) is 26.3 Å². The molecule has 1 saturated heterocycles. The van der Waals surface area contributed by atoms with Gasteiger partial charge in [0.15, 0.2) is 11.5 Å². The van der Waals surface area contributed by atoms with Crippen molar-refractivity contribution in [3.63, 3.8) is 0 Å². The summed E-state index contributed by atoms with van der Waals surface area (Å²) in [6.45, 7) is 6.16. The van der Waals surface area contributed by atoms with Crippen LogP contribution in [0.2, 0.25) is 5.02 Å². The second kappa shape index (κ2) is 8.10. The third kappa shape index (κ3) is 4.51. The van der Waals surface area contributed by atoms with Crippen LogP contribution >= 0.6 is 11.6 Å². The minimum atomic E-state index is 0.456. The zero-order chi connectivity index (χ0) is 15.1. The Morgan fingerprint density at radius 2 is 2.10 bits per heavy atom. The summed E-state index contributed by atoms with van der Waals surface area (Å²) in [6.07, 6.45) is 3.84. The Morgan fingerprint density at radius 1 is 1.33 bits per heavy atom. The van der Waals surface area contributed by atoms with Gasteiger partial charge < -0.3 is 14.7 Å². The minimum absolute atomic E-state index is 0.456. The Bertz CT molecular complexity index is 488. The number of benzene rings is 1. The molecular weight excluding hydrogens is 292 g/mol. The van der Waals surface area contributed by atoms with Crippen LogP contribution in [0.15, 0.2) is 17.3 Å². The zero-order valence-electron chi connectivity index (χ0n) is 12.2. The molecule has 1 aromatic carbocycles. The average Bonchev–Trinajstić information content (AvgIpc) is 2.95. The molecule has 1 N–H and O–H groups in total. The van der Waals surface area contributed by atoms with Gasteiger partial charge in [0, 0.05) is 12.1 Å². The molecule has 0 unspecified atom stereocenters. The summed E-state index contributed by atoms with van der Waals surface area (Å²) in [5, 5.41) is 12.1. The van der Waals surface area contributed by atoms with Crippen LogP contribution in [-0.4, -0.2) is 49.2 Å². The molecular formula is C15H21ClN2O3. The molecule has 6 heteroatoms. The monoisotopic (exact) mass is 312 g/mol. The van der Waals surface area contributed by atoms with E-state index in [-0.39, 0.29) is 0 Å². The van der Waals surface area contributed by atoms with E-state index in [9.17, 15) is 0 Å². The van der Waals surface area contributed by atoms with Gasteiger partial charge in [0.2, 0.25) is 0 Å². The van der Waals surface area contributed by atoms with Crippen LogP contribution in [0.25, 0.3) is 0 Å². The summed E-state index contributed by atoms with van der Waals surface area (Å²) in [5.41, 5.74) is 0.665. The quantitative estimate of drug-likeness (QED) is 0.478. The molecule has 0 saturated carbocycles. The summed E-state index contributed by atoms with van der Waals surface area (Å²) in [5.74, 6) is 1.12. The van der Waals surface area contributed by atoms with E-state index in [1.165, 1.54) is 19.1 Å². The fourth-order valence-corrected chi connectivity index (χ4v) is 2.69. The molecule has 1 aliphatic heterocycles. The van der Waals surface area contributed by atoms with Crippen molar-refractivity contribution in [1.29, 1.82) is 0 Å². The van der Waals surface area contributed by atoms with Crippen molar-refractivity contribution in [2.45, 2.75) is 19.8 Å². The lowest BCUT2D eigenvalue weighted by Crippen LogP contribution is -2.25. The van der Waals surface area contributed by atoms with Crippen LogP contribution in [0.3, 0.4) is 0 Å². The first-order valence-corrected chi connectivity index (χ1v) is 7.61. The molecule has 116 valence electrons. The van der Waals surface area contributed by atoms with Crippen LogP contribution < -0.4 is 9.47 Å². The van der Waals surface area contributed by atoms with Crippen LogP contribution in [0.4, 0.5) is 0 Å². The standard InChI is InChI=1S/C15H21ClN2O3/c1-2-20-14-10-12(11-17-19)9-13(16)15(14)21-8-7-18-5-3-4-6-18/h9-11,19H,2-8H2,1H3. The number of oxime groups is 1. The Morgan fingerprint density at radius 3 is 2.76 bits per heavy atom. The van der Waals surface area contributed by atoms with Crippen LogP contribution in [0.1, 0.15) is 25.3 Å². The summed E-state index contributed by atoms with van der Waals surface area (Å²) in [4.78, 5) is 2.38. The van der Waals surface area contributed by atoms with Gasteiger partial charge in [0.25, 0.3) is 0 Å². The summed E-state index contributed by atoms with van der Waals surface area (Å²) >= 11 is 6.24. The lowest BCUT2D eigenvalue weighted by Gasteiger charge is -2.17. The molecule has 0 aromatic heterocycles. The Kier molecular flexibility index (Phi) is 6.14. The van der Waals surface area contributed by atoms with E-state index in [0.717, 1.165) is 19.6 Å². The molecule has 0 spiro atoms. The minimum Gasteiger partial charge on any atom is -0.490 e. The number of hydrogen-bond acceptors (Lipinski definition) is 5. The van der Waals surface area contributed by atoms with Gasteiger partial charge in [-0.1, -0.05) is 16.8 Å². The van der Waals surface area contributed by atoms with Crippen molar-refractivity contribution in [3.8, 4) is 11.5 Å². The SMILES string of the molecule is CCOc1cc(C=NO)cc(Cl)c1OCCN1CCCC1. The van der Waals surface area contributed by atoms with Gasteiger partial charge in [0.05, 0.1) is 17.8 Å². The summed E-state index contributed by atoms with van der Waals surface area (Å²) in [6, 6.07) is 3.44. The molecule has 0 bridgehead atoms. The predicted molar refractivity (Wildman–Crippen MR) is 83.2 cm³/mol. The summed E-state index contributed by atoms with van der Waals surface area (Å²) in [7, 11) is 0. The highest BCUT2D eigenvalue weighted by molar-refractivity contribution is 6.32. The fraction of sp³-hybridized carbons (Fsp3) is 0.533. The van der Waals surface area contributed by atoms with E-state index >= 15 is 0 Å². The molecule has 1 heterocycles. The number of halogens is 1. The lowest BCUT2D eigenvalue weighted by atomic mass is 10.2. The molecule has 0 atom stereocenters. The van der Waals surface area contributed by atoms with Gasteiger partial charge in [-0.15, -0.1) is 0 Å². The molecule has 0 radical (unpaired) electrons. The van der Waals surface area contributed by atoms with E-state index in [2.05, 4.69) is 10.1 Å². The van der Waals surface area contributed by atoms with Crippen LogP contribution in [0, 0.1) is 0 Å². The molecule has 1 aliphatic rings. The molecule has 0 amide bonds. The second-order valence-electron chi connectivity index (χ2n) is 4.90. The molecule has 1 aromatic rings. The smallest absolute Gasteiger partial charge is 0.179 e. The molecule has 1 fully saturated rings. The third-order valence-electron chi connectivity index (χ3n) is 3.39. The predicted octanol–water partition coefficient (Wildman–Crippen LogP) is 3.02. The van der Waals surface area contributed by atoms with Crippen LogP contribution in [0.5, 0.6) is 11.5 Å². The Balaban J connectivity index is 2.04. The van der Waals surface area contributed by atoms with Gasteiger partial charge in [0.1, 0.15) is 6.61 Å². The number of likely N-dealkylation sites (tertiary alicyclic amines) is 1. The maximum absolute atomic E-state index is 8.61. The lowest BCUT2D eigenvalue weighted by molar-refractivity contribution is 0.226. The van der Waals surface area contributed by atoms with E-state index in [0.29, 0.717) is 35.3 Å². The van der Waals surface area contributed by atoms with Crippen molar-refractivity contribution in [1.82, 2.24) is 4.90 Å². The molecule has 0 aliphatic carbocycles. The van der Waals surface area contributed by atoms with Crippen molar-refractivity contribution >= 4 is 17.8 Å². The maximum atomic E-state index is 8.61. The Hall–Kier alpha value is -1.46. The highest BCUT2D eigenvalue weighted by Crippen LogP contribution is 2.36. The molecule has 21 heavy (non-hydrogen) atoms. The van der Waals surface area contributed by atoms with Crippen LogP contribution in [-0.2, 0) is 0 Å². The fourth-order valence-electron chi connectivity index (χ4n) is 2.42. The van der Waals surface area contributed by atoms with Crippen molar-refractivity contribution in [2.75, 3.05) is 32.8 Å². The van der Waals surface area contributed by atoms with E-state index in [1.807, 2.05) is 6.92 Å². The van der Waals surface area contributed by atoms with Gasteiger partial charge in [-0.25, -0.2) is 0 Å². The number of rotatable bonds is 7. The van der Waals surface area contributed by atoms with Gasteiger partial charge in [-0.05, 0) is 45.0 Å². The van der Waals surface area contributed by atoms with Gasteiger partial charge in [-0.3, -0.25) is 4.90 Å². The number of hydrogen-bond donors (Lipinski definition) is 1. The number of nitrogens with zero attached hydrogens (tertiary/aromatic N) is 2. The number of ether oxygens (including phenoxy) is 2. The van der Waals surface area contributed by atoms with E-state index in [1.54, 1.807) is 12.1 Å². The van der Waals surface area contributed by atoms with Crippen molar-refractivity contribution in [3.05, 3.63) is 22.7 Å². The maximum Gasteiger partial charge on any atom is 0.179 e.